The quantitative estimate of drug-likeness (QED) is 0.437. The number of nitrogens with zero attached hydrogens (tertiary/aromatic N) is 1. The van der Waals surface area contributed by atoms with Crippen molar-refractivity contribution in [2.24, 2.45) is 0 Å². The normalized spacial score (nSPS) is 9.07. The Balaban J connectivity index is 2.60. The Morgan fingerprint density at radius 1 is 1.67 bits per heavy atom. The highest BCUT2D eigenvalue weighted by atomic mass is 16.5. The molecule has 4 heteroatoms. The van der Waals surface area contributed by atoms with Gasteiger partial charge in [-0.15, -0.1) is 0 Å². The molecule has 1 heterocycles. The summed E-state index contributed by atoms with van der Waals surface area (Å²) in [7, 11) is 0. The number of amides is 1. The van der Waals surface area contributed by atoms with Crippen LogP contribution in [0.4, 0.5) is 5.82 Å². The second-order valence-electron chi connectivity index (χ2n) is 2.77. The Morgan fingerprint density at radius 2 is 2.47 bits per heavy atom. The first-order chi connectivity index (χ1) is 7.26. The van der Waals surface area contributed by atoms with E-state index >= 15 is 0 Å². The molecule has 0 atom stereocenters. The van der Waals surface area contributed by atoms with Gasteiger partial charge in [0.2, 0.25) is 6.41 Å². The Labute approximate surface area is 88.3 Å². The molecule has 0 aromatic carbocycles. The van der Waals surface area contributed by atoms with E-state index in [1.54, 1.807) is 18.3 Å². The van der Waals surface area contributed by atoms with Crippen molar-refractivity contribution in [1.29, 1.82) is 0 Å². The smallest absolute Gasteiger partial charge is 0.212 e. The average molecular weight is 204 g/mol. The second kappa shape index (κ2) is 5.59. The van der Waals surface area contributed by atoms with Gasteiger partial charge >= 0.3 is 0 Å². The topological polar surface area (TPSA) is 51.2 Å². The third kappa shape index (κ3) is 3.64. The molecule has 0 spiro atoms. The van der Waals surface area contributed by atoms with Crippen LogP contribution in [0.15, 0.2) is 43.3 Å². The maximum absolute atomic E-state index is 10.2. The number of carbonyl (C=O) groups is 1. The van der Waals surface area contributed by atoms with Gasteiger partial charge in [-0.05, 0) is 23.8 Å². The van der Waals surface area contributed by atoms with E-state index in [1.165, 1.54) is 6.08 Å². The van der Waals surface area contributed by atoms with Crippen molar-refractivity contribution >= 4 is 12.2 Å². The molecular weight excluding hydrogens is 192 g/mol. The van der Waals surface area contributed by atoms with Crippen LogP contribution in [0.3, 0.4) is 0 Å². The number of carbonyl (C=O) groups excluding carboxylic acids is 1. The van der Waals surface area contributed by atoms with Crippen LogP contribution in [0.25, 0.3) is 0 Å². The summed E-state index contributed by atoms with van der Waals surface area (Å²) in [5.41, 5.74) is 0.900. The van der Waals surface area contributed by atoms with Crippen LogP contribution >= 0.6 is 0 Å². The van der Waals surface area contributed by atoms with E-state index < -0.39 is 0 Å². The highest BCUT2D eigenvalue weighted by molar-refractivity contribution is 5.68. The van der Waals surface area contributed by atoms with Crippen LogP contribution in [-0.2, 0) is 16.1 Å². The van der Waals surface area contributed by atoms with E-state index in [4.69, 9.17) is 4.74 Å². The fourth-order valence-corrected chi connectivity index (χ4v) is 0.938. The van der Waals surface area contributed by atoms with Crippen molar-refractivity contribution < 1.29 is 9.53 Å². The fourth-order valence-electron chi connectivity index (χ4n) is 0.938. The molecule has 1 rings (SSSR count). The van der Waals surface area contributed by atoms with Crippen LogP contribution in [-0.4, -0.2) is 11.4 Å². The molecule has 78 valence electrons. The Kier molecular flexibility index (Phi) is 4.09. The Hall–Kier alpha value is -2.10. The third-order valence-electron chi connectivity index (χ3n) is 1.68. The minimum absolute atomic E-state index is 0.376. The molecular formula is C11H12N2O2. The van der Waals surface area contributed by atoms with Crippen molar-refractivity contribution in [2.45, 2.75) is 6.61 Å². The molecule has 0 saturated carbocycles. The number of hydrogen-bond donors (Lipinski definition) is 1. The van der Waals surface area contributed by atoms with Gasteiger partial charge in [-0.3, -0.25) is 4.79 Å². The molecule has 0 aliphatic carbocycles. The molecule has 0 radical (unpaired) electrons. The van der Waals surface area contributed by atoms with Crippen molar-refractivity contribution in [1.82, 2.24) is 4.98 Å². The van der Waals surface area contributed by atoms with E-state index in [-0.39, 0.29) is 0 Å². The molecule has 0 fully saturated rings. The first-order valence-corrected chi connectivity index (χ1v) is 4.35. The van der Waals surface area contributed by atoms with Gasteiger partial charge in [0, 0.05) is 6.20 Å². The lowest BCUT2D eigenvalue weighted by Gasteiger charge is -2.06. The van der Waals surface area contributed by atoms with E-state index in [9.17, 15) is 4.79 Å². The van der Waals surface area contributed by atoms with E-state index in [0.717, 1.165) is 5.56 Å². The van der Waals surface area contributed by atoms with E-state index in [2.05, 4.69) is 23.5 Å². The number of ether oxygens (including phenoxy) is 1. The number of anilines is 1. The van der Waals surface area contributed by atoms with Gasteiger partial charge in [-0.1, -0.05) is 13.2 Å². The van der Waals surface area contributed by atoms with Gasteiger partial charge in [0.25, 0.3) is 0 Å². The molecule has 1 N–H and O–H groups in total. The standard InChI is InChI=1S/C11H12N2O2/c1-3-9(2)15-7-10-4-5-12-11(6-10)13-8-14/h3-6,8H,1-2,7H2,(H,12,13,14). The lowest BCUT2D eigenvalue weighted by molar-refractivity contribution is -0.105. The largest absolute Gasteiger partial charge is 0.490 e. The van der Waals surface area contributed by atoms with Crippen molar-refractivity contribution in [2.75, 3.05) is 5.32 Å². The molecule has 0 bridgehead atoms. The van der Waals surface area contributed by atoms with Crippen molar-refractivity contribution in [3.05, 3.63) is 48.9 Å². The van der Waals surface area contributed by atoms with Crippen LogP contribution < -0.4 is 5.32 Å². The predicted molar refractivity (Wildman–Crippen MR) is 58.0 cm³/mol. The molecule has 0 aliphatic rings. The minimum atomic E-state index is 0.376. The zero-order valence-corrected chi connectivity index (χ0v) is 8.27. The molecule has 1 aromatic rings. The summed E-state index contributed by atoms with van der Waals surface area (Å²) in [5, 5.41) is 2.46. The molecule has 0 aliphatic heterocycles. The Morgan fingerprint density at radius 3 is 3.13 bits per heavy atom. The maximum atomic E-state index is 10.2. The molecule has 0 unspecified atom stereocenters. The highest BCUT2D eigenvalue weighted by Gasteiger charge is 1.97. The van der Waals surface area contributed by atoms with Gasteiger partial charge < -0.3 is 10.1 Å². The van der Waals surface area contributed by atoms with Crippen molar-refractivity contribution in [3.63, 3.8) is 0 Å². The monoisotopic (exact) mass is 204 g/mol. The van der Waals surface area contributed by atoms with Gasteiger partial charge in [0.1, 0.15) is 18.2 Å². The first-order valence-electron chi connectivity index (χ1n) is 4.35. The second-order valence-corrected chi connectivity index (χ2v) is 2.77. The van der Waals surface area contributed by atoms with Gasteiger partial charge in [-0.25, -0.2) is 4.98 Å². The molecule has 15 heavy (non-hydrogen) atoms. The fraction of sp³-hybridized carbons (Fsp3) is 0.0909. The number of rotatable bonds is 6. The summed E-state index contributed by atoms with van der Waals surface area (Å²) < 4.78 is 5.25. The maximum Gasteiger partial charge on any atom is 0.212 e. The zero-order chi connectivity index (χ0) is 11.1. The molecule has 0 saturated heterocycles. The predicted octanol–water partition coefficient (Wildman–Crippen LogP) is 1.87. The lowest BCUT2D eigenvalue weighted by atomic mass is 10.3. The number of hydrogen-bond acceptors (Lipinski definition) is 3. The Bertz CT molecular complexity index is 375. The summed E-state index contributed by atoms with van der Waals surface area (Å²) in [4.78, 5) is 14.1. The van der Waals surface area contributed by atoms with E-state index in [0.29, 0.717) is 24.6 Å². The van der Waals surface area contributed by atoms with Crippen molar-refractivity contribution in [3.8, 4) is 0 Å². The summed E-state index contributed by atoms with van der Waals surface area (Å²) in [6.45, 7) is 7.52. The lowest BCUT2D eigenvalue weighted by Crippen LogP contribution is -1.98. The van der Waals surface area contributed by atoms with Gasteiger partial charge in [0.05, 0.1) is 0 Å². The van der Waals surface area contributed by atoms with Crippen LogP contribution in [0.2, 0.25) is 0 Å². The molecule has 4 nitrogen and oxygen atoms in total. The zero-order valence-electron chi connectivity index (χ0n) is 8.27. The third-order valence-corrected chi connectivity index (χ3v) is 1.68. The summed E-state index contributed by atoms with van der Waals surface area (Å²) in [5.74, 6) is 1.01. The number of pyridine rings is 1. The van der Waals surface area contributed by atoms with Gasteiger partial charge in [0.15, 0.2) is 0 Å². The number of allylic oxidation sites excluding steroid dienone is 1. The number of aromatic nitrogens is 1. The molecule has 1 amide bonds. The van der Waals surface area contributed by atoms with Gasteiger partial charge in [-0.2, -0.15) is 0 Å². The average Bonchev–Trinajstić information content (AvgIpc) is 2.27. The summed E-state index contributed by atoms with van der Waals surface area (Å²) >= 11 is 0. The number of nitrogens with one attached hydrogen (secondary N) is 1. The van der Waals surface area contributed by atoms with Crippen LogP contribution in [0, 0.1) is 0 Å². The summed E-state index contributed by atoms with van der Waals surface area (Å²) in [6, 6.07) is 3.52. The minimum Gasteiger partial charge on any atom is -0.490 e. The highest BCUT2D eigenvalue weighted by Crippen LogP contribution is 2.09. The van der Waals surface area contributed by atoms with Crippen LogP contribution in [0.5, 0.6) is 0 Å². The summed E-state index contributed by atoms with van der Waals surface area (Å²) in [6.07, 6.45) is 3.71. The van der Waals surface area contributed by atoms with Crippen LogP contribution in [0.1, 0.15) is 5.56 Å². The SMILES string of the molecule is C=CC(=C)OCc1ccnc(NC=O)c1. The van der Waals surface area contributed by atoms with E-state index in [1.807, 2.05) is 0 Å². The first kappa shape index (κ1) is 11.0. The molecule has 1 aromatic heterocycles.